The van der Waals surface area contributed by atoms with E-state index in [1.54, 1.807) is 6.08 Å². The molecular formula is C13H22O3. The number of carbonyl (C=O) groups is 1. The number of esters is 1. The van der Waals surface area contributed by atoms with Crippen molar-refractivity contribution >= 4 is 5.97 Å². The Morgan fingerprint density at radius 1 is 1.31 bits per heavy atom. The van der Waals surface area contributed by atoms with Crippen molar-refractivity contribution in [3.63, 3.8) is 0 Å². The molecule has 16 heavy (non-hydrogen) atoms. The van der Waals surface area contributed by atoms with Crippen LogP contribution in [0, 0.1) is 0 Å². The van der Waals surface area contributed by atoms with E-state index in [2.05, 4.69) is 0 Å². The SMILES string of the molecule is CCOC(=O)C=C1CC(C)(C)OC(C)(C)C1. The van der Waals surface area contributed by atoms with Crippen LogP contribution in [0.2, 0.25) is 0 Å². The molecule has 1 aliphatic heterocycles. The Balaban J connectivity index is 2.78. The minimum atomic E-state index is -0.244. The number of hydrogen-bond donors (Lipinski definition) is 0. The summed E-state index contributed by atoms with van der Waals surface area (Å²) in [5, 5.41) is 0. The first-order chi connectivity index (χ1) is 7.24. The van der Waals surface area contributed by atoms with E-state index in [4.69, 9.17) is 9.47 Å². The first-order valence-electron chi connectivity index (χ1n) is 5.80. The number of hydrogen-bond acceptors (Lipinski definition) is 3. The maximum Gasteiger partial charge on any atom is 0.330 e. The number of ether oxygens (including phenoxy) is 2. The zero-order chi connectivity index (χ0) is 12.4. The fraction of sp³-hybridized carbons (Fsp3) is 0.769. The highest BCUT2D eigenvalue weighted by molar-refractivity contribution is 5.82. The van der Waals surface area contributed by atoms with E-state index in [0.29, 0.717) is 6.61 Å². The van der Waals surface area contributed by atoms with E-state index in [0.717, 1.165) is 18.4 Å². The average molecular weight is 226 g/mol. The quantitative estimate of drug-likeness (QED) is 0.536. The minimum Gasteiger partial charge on any atom is -0.463 e. The highest BCUT2D eigenvalue weighted by Gasteiger charge is 2.36. The summed E-state index contributed by atoms with van der Waals surface area (Å²) >= 11 is 0. The summed E-state index contributed by atoms with van der Waals surface area (Å²) in [6, 6.07) is 0. The summed E-state index contributed by atoms with van der Waals surface area (Å²) in [5.74, 6) is -0.244. The van der Waals surface area contributed by atoms with Crippen molar-refractivity contribution in [2.24, 2.45) is 0 Å². The van der Waals surface area contributed by atoms with E-state index in [9.17, 15) is 4.79 Å². The van der Waals surface area contributed by atoms with E-state index in [-0.39, 0.29) is 17.2 Å². The predicted octanol–water partition coefficient (Wildman–Crippen LogP) is 2.84. The molecule has 0 aromatic carbocycles. The highest BCUT2D eigenvalue weighted by Crippen LogP contribution is 2.37. The Labute approximate surface area is 97.8 Å². The molecule has 0 aromatic rings. The van der Waals surface area contributed by atoms with Crippen LogP contribution in [0.15, 0.2) is 11.6 Å². The first kappa shape index (κ1) is 13.2. The zero-order valence-corrected chi connectivity index (χ0v) is 10.9. The Morgan fingerprint density at radius 2 is 1.81 bits per heavy atom. The number of rotatable bonds is 2. The van der Waals surface area contributed by atoms with Crippen LogP contribution in [-0.4, -0.2) is 23.8 Å². The molecular weight excluding hydrogens is 204 g/mol. The molecule has 0 bridgehead atoms. The molecule has 0 atom stereocenters. The second-order valence-electron chi connectivity index (χ2n) is 5.53. The van der Waals surface area contributed by atoms with Crippen LogP contribution in [0.4, 0.5) is 0 Å². The molecule has 0 N–H and O–H groups in total. The van der Waals surface area contributed by atoms with E-state index in [1.165, 1.54) is 0 Å². The lowest BCUT2D eigenvalue weighted by Crippen LogP contribution is -2.42. The maximum absolute atomic E-state index is 11.4. The third-order valence-corrected chi connectivity index (χ3v) is 2.47. The summed E-state index contributed by atoms with van der Waals surface area (Å²) in [5.41, 5.74) is 0.694. The Hall–Kier alpha value is -0.830. The largest absolute Gasteiger partial charge is 0.463 e. The molecule has 0 radical (unpaired) electrons. The molecule has 0 spiro atoms. The number of carbonyl (C=O) groups excluding carboxylic acids is 1. The lowest BCUT2D eigenvalue weighted by Gasteiger charge is -2.42. The zero-order valence-electron chi connectivity index (χ0n) is 10.9. The van der Waals surface area contributed by atoms with Gasteiger partial charge >= 0.3 is 5.97 Å². The van der Waals surface area contributed by atoms with Crippen molar-refractivity contribution in [3.05, 3.63) is 11.6 Å². The summed E-state index contributed by atoms with van der Waals surface area (Å²) in [6.45, 7) is 10.4. The Bertz CT molecular complexity index is 282. The van der Waals surface area contributed by atoms with Gasteiger partial charge < -0.3 is 9.47 Å². The molecule has 0 amide bonds. The first-order valence-corrected chi connectivity index (χ1v) is 5.80. The summed E-state index contributed by atoms with van der Waals surface area (Å²) < 4.78 is 10.9. The molecule has 0 aromatic heterocycles. The molecule has 0 saturated carbocycles. The van der Waals surface area contributed by atoms with Crippen molar-refractivity contribution in [2.75, 3.05) is 6.61 Å². The fourth-order valence-electron chi connectivity index (χ4n) is 2.43. The molecule has 0 aliphatic carbocycles. The summed E-state index contributed by atoms with van der Waals surface area (Å²) in [6.07, 6.45) is 3.19. The van der Waals surface area contributed by atoms with Gasteiger partial charge in [0.25, 0.3) is 0 Å². The second-order valence-corrected chi connectivity index (χ2v) is 5.53. The molecule has 0 unspecified atom stereocenters. The van der Waals surface area contributed by atoms with Crippen LogP contribution in [0.25, 0.3) is 0 Å². The molecule has 1 heterocycles. The van der Waals surface area contributed by atoms with Crippen LogP contribution >= 0.6 is 0 Å². The molecule has 1 aliphatic rings. The van der Waals surface area contributed by atoms with E-state index < -0.39 is 0 Å². The van der Waals surface area contributed by atoms with Gasteiger partial charge in [-0.1, -0.05) is 5.57 Å². The predicted molar refractivity (Wildman–Crippen MR) is 63.2 cm³/mol. The van der Waals surface area contributed by atoms with Gasteiger partial charge in [0.05, 0.1) is 17.8 Å². The van der Waals surface area contributed by atoms with Gasteiger partial charge in [0.15, 0.2) is 0 Å². The molecule has 1 fully saturated rings. The smallest absolute Gasteiger partial charge is 0.330 e. The monoisotopic (exact) mass is 226 g/mol. The fourth-order valence-corrected chi connectivity index (χ4v) is 2.43. The van der Waals surface area contributed by atoms with Gasteiger partial charge in [0, 0.05) is 6.08 Å². The van der Waals surface area contributed by atoms with Crippen molar-refractivity contribution in [1.29, 1.82) is 0 Å². The van der Waals surface area contributed by atoms with Crippen LogP contribution < -0.4 is 0 Å². The molecule has 92 valence electrons. The lowest BCUT2D eigenvalue weighted by molar-refractivity contribution is -0.141. The standard InChI is InChI=1S/C13H22O3/c1-6-15-11(14)7-10-8-12(2,3)16-13(4,5)9-10/h7H,6,8-9H2,1-5H3. The van der Waals surface area contributed by atoms with Gasteiger partial charge in [-0.3, -0.25) is 0 Å². The highest BCUT2D eigenvalue weighted by atomic mass is 16.5. The van der Waals surface area contributed by atoms with Gasteiger partial charge in [0.1, 0.15) is 0 Å². The van der Waals surface area contributed by atoms with Gasteiger partial charge in [0.2, 0.25) is 0 Å². The maximum atomic E-state index is 11.4. The van der Waals surface area contributed by atoms with E-state index in [1.807, 2.05) is 34.6 Å². The van der Waals surface area contributed by atoms with Crippen LogP contribution in [0.1, 0.15) is 47.5 Å². The van der Waals surface area contributed by atoms with Gasteiger partial charge in [-0.2, -0.15) is 0 Å². The van der Waals surface area contributed by atoms with Gasteiger partial charge in [-0.05, 0) is 47.5 Å². The second kappa shape index (κ2) is 4.58. The third kappa shape index (κ3) is 3.97. The molecule has 3 nitrogen and oxygen atoms in total. The van der Waals surface area contributed by atoms with Crippen molar-refractivity contribution < 1.29 is 14.3 Å². The Morgan fingerprint density at radius 3 is 2.25 bits per heavy atom. The topological polar surface area (TPSA) is 35.5 Å². The molecule has 3 heteroatoms. The average Bonchev–Trinajstić information content (AvgIpc) is 1.96. The van der Waals surface area contributed by atoms with E-state index >= 15 is 0 Å². The third-order valence-electron chi connectivity index (χ3n) is 2.47. The van der Waals surface area contributed by atoms with Crippen molar-refractivity contribution in [1.82, 2.24) is 0 Å². The summed E-state index contributed by atoms with van der Waals surface area (Å²) in [7, 11) is 0. The van der Waals surface area contributed by atoms with Crippen LogP contribution in [0.3, 0.4) is 0 Å². The van der Waals surface area contributed by atoms with Gasteiger partial charge in [-0.25, -0.2) is 4.79 Å². The van der Waals surface area contributed by atoms with Crippen molar-refractivity contribution in [2.45, 2.75) is 58.7 Å². The molecule has 1 saturated heterocycles. The van der Waals surface area contributed by atoms with Crippen LogP contribution in [-0.2, 0) is 14.3 Å². The van der Waals surface area contributed by atoms with Crippen molar-refractivity contribution in [3.8, 4) is 0 Å². The minimum absolute atomic E-state index is 0.208. The Kier molecular flexibility index (Phi) is 3.79. The lowest BCUT2D eigenvalue weighted by atomic mass is 9.85. The van der Waals surface area contributed by atoms with Crippen LogP contribution in [0.5, 0.6) is 0 Å². The molecule has 1 rings (SSSR count). The summed E-state index contributed by atoms with van der Waals surface area (Å²) in [4.78, 5) is 11.4. The van der Waals surface area contributed by atoms with Gasteiger partial charge in [-0.15, -0.1) is 0 Å². The normalized spacial score (nSPS) is 22.7.